The van der Waals surface area contributed by atoms with Crippen molar-refractivity contribution in [2.24, 2.45) is 5.90 Å². The Morgan fingerprint density at radius 3 is 2.69 bits per heavy atom. The first kappa shape index (κ1) is 11.7. The van der Waals surface area contributed by atoms with Crippen molar-refractivity contribution in [1.29, 1.82) is 0 Å². The lowest BCUT2D eigenvalue weighted by Crippen LogP contribution is -2.38. The highest BCUT2D eigenvalue weighted by molar-refractivity contribution is 6.31. The molecule has 0 radical (unpaired) electrons. The average Bonchev–Trinajstić information content (AvgIpc) is 2.33. The second-order valence-corrected chi connectivity index (χ2v) is 4.61. The topological polar surface area (TPSA) is 38.5 Å². The molecular weight excluding hydrogens is 224 g/mol. The van der Waals surface area contributed by atoms with Crippen molar-refractivity contribution < 1.29 is 4.84 Å². The fraction of sp³-hybridized carbons (Fsp3) is 0.500. The predicted octanol–water partition coefficient (Wildman–Crippen LogP) is 2.51. The van der Waals surface area contributed by atoms with Gasteiger partial charge in [-0.3, -0.25) is 0 Å². The van der Waals surface area contributed by atoms with Gasteiger partial charge >= 0.3 is 0 Å². The second-order valence-electron chi connectivity index (χ2n) is 4.21. The van der Waals surface area contributed by atoms with E-state index in [1.54, 1.807) is 0 Å². The van der Waals surface area contributed by atoms with Crippen molar-refractivity contribution in [3.63, 3.8) is 0 Å². The lowest BCUT2D eigenvalue weighted by molar-refractivity contribution is 0.0367. The van der Waals surface area contributed by atoms with E-state index >= 15 is 0 Å². The monoisotopic (exact) mass is 240 g/mol. The minimum Gasteiger partial charge on any atom is -0.371 e. The van der Waals surface area contributed by atoms with Gasteiger partial charge in [-0.05, 0) is 37.5 Å². The van der Waals surface area contributed by atoms with E-state index in [2.05, 4.69) is 17.9 Å². The molecule has 1 aliphatic rings. The number of halogens is 1. The Bertz CT molecular complexity index is 362. The van der Waals surface area contributed by atoms with Gasteiger partial charge < -0.3 is 9.74 Å². The molecule has 0 aliphatic carbocycles. The van der Waals surface area contributed by atoms with E-state index in [0.717, 1.165) is 36.5 Å². The third-order valence-electron chi connectivity index (χ3n) is 3.21. The van der Waals surface area contributed by atoms with Crippen LogP contribution in [0.1, 0.15) is 18.4 Å². The molecule has 1 aromatic carbocycles. The number of nitrogens with two attached hydrogens (primary N) is 1. The summed E-state index contributed by atoms with van der Waals surface area (Å²) in [5.41, 5.74) is 2.37. The zero-order valence-electron chi connectivity index (χ0n) is 9.45. The van der Waals surface area contributed by atoms with Crippen molar-refractivity contribution in [2.45, 2.75) is 25.9 Å². The van der Waals surface area contributed by atoms with Crippen molar-refractivity contribution >= 4 is 17.3 Å². The molecule has 0 aromatic heterocycles. The number of nitrogens with zero attached hydrogens (tertiary/aromatic N) is 1. The Labute approximate surface area is 101 Å². The highest BCUT2D eigenvalue weighted by Crippen LogP contribution is 2.28. The van der Waals surface area contributed by atoms with E-state index in [-0.39, 0.29) is 6.10 Å². The Kier molecular flexibility index (Phi) is 3.69. The summed E-state index contributed by atoms with van der Waals surface area (Å²) in [5, 5.41) is 0.828. The smallest absolute Gasteiger partial charge is 0.0821 e. The highest BCUT2D eigenvalue weighted by atomic mass is 35.5. The Morgan fingerprint density at radius 1 is 1.38 bits per heavy atom. The first-order valence-electron chi connectivity index (χ1n) is 5.58. The van der Waals surface area contributed by atoms with Crippen LogP contribution in [0, 0.1) is 6.92 Å². The van der Waals surface area contributed by atoms with Gasteiger partial charge in [0.15, 0.2) is 0 Å². The molecule has 0 unspecified atom stereocenters. The number of hydrogen-bond acceptors (Lipinski definition) is 3. The maximum absolute atomic E-state index is 6.12. The van der Waals surface area contributed by atoms with Gasteiger partial charge in [-0.15, -0.1) is 0 Å². The Balaban J connectivity index is 2.11. The van der Waals surface area contributed by atoms with Crippen LogP contribution in [0.25, 0.3) is 0 Å². The van der Waals surface area contributed by atoms with E-state index in [1.165, 1.54) is 5.69 Å². The highest BCUT2D eigenvalue weighted by Gasteiger charge is 2.20. The number of rotatable bonds is 2. The molecule has 0 atom stereocenters. The molecule has 1 aliphatic heterocycles. The van der Waals surface area contributed by atoms with Crippen LogP contribution in [0.2, 0.25) is 5.02 Å². The zero-order valence-corrected chi connectivity index (χ0v) is 10.2. The summed E-state index contributed by atoms with van der Waals surface area (Å²) in [6, 6.07) is 6.04. The van der Waals surface area contributed by atoms with Crippen LogP contribution >= 0.6 is 11.6 Å². The average molecular weight is 241 g/mol. The van der Waals surface area contributed by atoms with Gasteiger partial charge in [-0.1, -0.05) is 17.7 Å². The van der Waals surface area contributed by atoms with Gasteiger partial charge in [0.25, 0.3) is 0 Å². The molecule has 1 aromatic rings. The predicted molar refractivity (Wildman–Crippen MR) is 66.7 cm³/mol. The molecule has 2 rings (SSSR count). The van der Waals surface area contributed by atoms with E-state index in [0.29, 0.717) is 0 Å². The lowest BCUT2D eigenvalue weighted by Gasteiger charge is -2.33. The third kappa shape index (κ3) is 2.32. The molecule has 88 valence electrons. The molecule has 4 heteroatoms. The molecule has 3 nitrogen and oxygen atoms in total. The van der Waals surface area contributed by atoms with Gasteiger partial charge in [0, 0.05) is 23.8 Å². The van der Waals surface area contributed by atoms with Crippen LogP contribution in [0.5, 0.6) is 0 Å². The molecule has 1 fully saturated rings. The van der Waals surface area contributed by atoms with Crippen molar-refractivity contribution in [1.82, 2.24) is 0 Å². The molecule has 1 saturated heterocycles. The summed E-state index contributed by atoms with van der Waals surface area (Å²) >= 11 is 6.12. The molecule has 16 heavy (non-hydrogen) atoms. The Morgan fingerprint density at radius 2 is 2.06 bits per heavy atom. The van der Waals surface area contributed by atoms with E-state index in [4.69, 9.17) is 22.3 Å². The van der Waals surface area contributed by atoms with Crippen LogP contribution in [0.4, 0.5) is 5.69 Å². The maximum Gasteiger partial charge on any atom is 0.0821 e. The minimum absolute atomic E-state index is 0.204. The standard InChI is InChI=1S/C12H17ClN2O/c1-9-11(13)3-2-4-12(9)15-7-5-10(16-14)6-8-15/h2-4,10H,5-8,14H2,1H3. The number of piperidine rings is 1. The van der Waals surface area contributed by atoms with Gasteiger partial charge in [0.05, 0.1) is 6.10 Å². The van der Waals surface area contributed by atoms with E-state index < -0.39 is 0 Å². The molecule has 0 spiro atoms. The fourth-order valence-corrected chi connectivity index (χ4v) is 2.34. The van der Waals surface area contributed by atoms with Crippen LogP contribution in [-0.4, -0.2) is 19.2 Å². The number of benzene rings is 1. The van der Waals surface area contributed by atoms with Gasteiger partial charge in [0.2, 0.25) is 0 Å². The summed E-state index contributed by atoms with van der Waals surface area (Å²) in [7, 11) is 0. The quantitative estimate of drug-likeness (QED) is 0.808. The van der Waals surface area contributed by atoms with Crippen molar-refractivity contribution in [3.05, 3.63) is 28.8 Å². The van der Waals surface area contributed by atoms with E-state index in [1.807, 2.05) is 12.1 Å². The molecule has 0 saturated carbocycles. The fourth-order valence-electron chi connectivity index (χ4n) is 2.17. The molecule has 0 amide bonds. The van der Waals surface area contributed by atoms with Gasteiger partial charge in [-0.25, -0.2) is 5.90 Å². The van der Waals surface area contributed by atoms with Crippen molar-refractivity contribution in [2.75, 3.05) is 18.0 Å². The van der Waals surface area contributed by atoms with Crippen LogP contribution < -0.4 is 10.8 Å². The zero-order chi connectivity index (χ0) is 11.5. The summed E-state index contributed by atoms with van der Waals surface area (Å²) in [5.74, 6) is 5.20. The number of hydrogen-bond donors (Lipinski definition) is 1. The second kappa shape index (κ2) is 5.04. The van der Waals surface area contributed by atoms with Crippen molar-refractivity contribution in [3.8, 4) is 0 Å². The molecule has 1 heterocycles. The Hall–Kier alpha value is -0.770. The first-order valence-corrected chi connectivity index (χ1v) is 5.95. The normalized spacial score (nSPS) is 17.8. The summed E-state index contributed by atoms with van der Waals surface area (Å²) in [6.45, 7) is 4.01. The molecule has 2 N–H and O–H groups in total. The molecule has 0 bridgehead atoms. The van der Waals surface area contributed by atoms with Crippen LogP contribution in [-0.2, 0) is 4.84 Å². The maximum atomic E-state index is 6.12. The summed E-state index contributed by atoms with van der Waals surface area (Å²) < 4.78 is 0. The minimum atomic E-state index is 0.204. The van der Waals surface area contributed by atoms with E-state index in [9.17, 15) is 0 Å². The molecular formula is C12H17ClN2O. The summed E-state index contributed by atoms with van der Waals surface area (Å²) in [4.78, 5) is 7.22. The van der Waals surface area contributed by atoms with Gasteiger partial charge in [0.1, 0.15) is 0 Å². The van der Waals surface area contributed by atoms with Crippen LogP contribution in [0.3, 0.4) is 0 Å². The number of anilines is 1. The lowest BCUT2D eigenvalue weighted by atomic mass is 10.1. The summed E-state index contributed by atoms with van der Waals surface area (Å²) in [6.07, 6.45) is 2.15. The third-order valence-corrected chi connectivity index (χ3v) is 3.62. The SMILES string of the molecule is Cc1c(Cl)cccc1N1CCC(ON)CC1. The van der Waals surface area contributed by atoms with Gasteiger partial charge in [-0.2, -0.15) is 0 Å². The largest absolute Gasteiger partial charge is 0.371 e. The van der Waals surface area contributed by atoms with Crippen LogP contribution in [0.15, 0.2) is 18.2 Å². The first-order chi connectivity index (χ1) is 7.72.